The van der Waals surface area contributed by atoms with Crippen LogP contribution in [0.3, 0.4) is 0 Å². The lowest BCUT2D eigenvalue weighted by Crippen LogP contribution is -2.44. The van der Waals surface area contributed by atoms with E-state index in [0.717, 1.165) is 10.4 Å². The predicted molar refractivity (Wildman–Crippen MR) is 102 cm³/mol. The molecular formula is C18H17N5O5S. The number of ether oxygens (including phenoxy) is 1. The summed E-state index contributed by atoms with van der Waals surface area (Å²) in [5.74, 6) is -1.41. The van der Waals surface area contributed by atoms with E-state index < -0.39 is 30.3 Å². The maximum absolute atomic E-state index is 12.6. The molecule has 150 valence electrons. The molecule has 11 heteroatoms. The molecule has 1 aromatic carbocycles. The number of ketones is 1. The first-order chi connectivity index (χ1) is 14.0. The quantitative estimate of drug-likeness (QED) is 0.539. The minimum atomic E-state index is -1.28. The van der Waals surface area contributed by atoms with E-state index in [1.807, 2.05) is 17.5 Å². The second kappa shape index (κ2) is 9.55. The van der Waals surface area contributed by atoms with Gasteiger partial charge in [0, 0.05) is 0 Å². The topological polar surface area (TPSA) is 136 Å². The average molecular weight is 415 g/mol. The van der Waals surface area contributed by atoms with E-state index in [1.165, 1.54) is 16.0 Å². The number of nitrogens with zero attached hydrogens (tertiary/aromatic N) is 4. The molecule has 0 radical (unpaired) electrons. The number of hydrogen-bond acceptors (Lipinski definition) is 8. The molecule has 1 unspecified atom stereocenters. The van der Waals surface area contributed by atoms with Crippen molar-refractivity contribution in [1.29, 1.82) is 0 Å². The normalized spacial score (nSPS) is 11.6. The molecule has 0 aliphatic carbocycles. The predicted octanol–water partition coefficient (Wildman–Crippen LogP) is 1.74. The minimum absolute atomic E-state index is 0.00379. The number of alkyl carbamates (subject to hydrolysis) is 1. The van der Waals surface area contributed by atoms with Crippen molar-refractivity contribution in [3.63, 3.8) is 0 Å². The van der Waals surface area contributed by atoms with Gasteiger partial charge in [-0.05, 0) is 27.4 Å². The van der Waals surface area contributed by atoms with Gasteiger partial charge < -0.3 is 15.2 Å². The fraction of sp³-hybridized carbons (Fsp3) is 0.222. The summed E-state index contributed by atoms with van der Waals surface area (Å²) in [5, 5.41) is 24.5. The number of thiophene rings is 1. The molecule has 0 saturated heterocycles. The van der Waals surface area contributed by atoms with Crippen LogP contribution in [-0.4, -0.2) is 49.2 Å². The number of benzene rings is 1. The molecule has 1 atom stereocenters. The number of nitrogens with one attached hydrogen (secondary N) is 1. The highest BCUT2D eigenvalue weighted by Crippen LogP contribution is 2.21. The zero-order valence-corrected chi connectivity index (χ0v) is 15.9. The lowest BCUT2D eigenvalue weighted by Gasteiger charge is -2.16. The van der Waals surface area contributed by atoms with Gasteiger partial charge in [-0.25, -0.2) is 9.48 Å². The summed E-state index contributed by atoms with van der Waals surface area (Å²) in [7, 11) is 0. The smallest absolute Gasteiger partial charge is 0.408 e. The van der Waals surface area contributed by atoms with Crippen LogP contribution < -0.4 is 5.32 Å². The monoisotopic (exact) mass is 415 g/mol. The Hall–Kier alpha value is -3.60. The van der Waals surface area contributed by atoms with Gasteiger partial charge in [0.25, 0.3) is 0 Å². The summed E-state index contributed by atoms with van der Waals surface area (Å²) >= 11 is 1.40. The van der Waals surface area contributed by atoms with E-state index in [9.17, 15) is 14.4 Å². The maximum atomic E-state index is 12.6. The van der Waals surface area contributed by atoms with Crippen LogP contribution in [0, 0.1) is 0 Å². The molecule has 1 amide bonds. The Bertz CT molecular complexity index is 974. The van der Waals surface area contributed by atoms with Crippen molar-refractivity contribution < 1.29 is 24.2 Å². The number of carbonyl (C=O) groups is 3. The number of carboxylic acids is 1. The van der Waals surface area contributed by atoms with Crippen molar-refractivity contribution >= 4 is 29.2 Å². The van der Waals surface area contributed by atoms with Crippen molar-refractivity contribution in [3.05, 3.63) is 53.4 Å². The van der Waals surface area contributed by atoms with Crippen LogP contribution in [0.5, 0.6) is 0 Å². The molecule has 29 heavy (non-hydrogen) atoms. The summed E-state index contributed by atoms with van der Waals surface area (Å²) in [5.41, 5.74) is 0.762. The largest absolute Gasteiger partial charge is 0.481 e. The number of tetrazole rings is 1. The molecule has 3 rings (SSSR count). The summed E-state index contributed by atoms with van der Waals surface area (Å²) in [4.78, 5) is 36.6. The lowest BCUT2D eigenvalue weighted by atomic mass is 10.1. The van der Waals surface area contributed by atoms with Gasteiger partial charge in [0.15, 0.2) is 11.6 Å². The zero-order chi connectivity index (χ0) is 20.6. The van der Waals surface area contributed by atoms with Gasteiger partial charge in [0.2, 0.25) is 0 Å². The molecule has 2 aromatic heterocycles. The second-order valence-corrected chi connectivity index (χ2v) is 6.91. The Morgan fingerprint density at radius 3 is 2.66 bits per heavy atom. The van der Waals surface area contributed by atoms with Gasteiger partial charge in [-0.1, -0.05) is 36.4 Å². The average Bonchev–Trinajstić information content (AvgIpc) is 3.38. The number of rotatable bonds is 9. The number of Topliss-reactive ketones (excluding diaryl/α,β-unsaturated/α-hetero) is 1. The highest BCUT2D eigenvalue weighted by Gasteiger charge is 2.26. The molecule has 2 N–H and O–H groups in total. The molecule has 0 fully saturated rings. The highest BCUT2D eigenvalue weighted by molar-refractivity contribution is 7.13. The third kappa shape index (κ3) is 5.69. The van der Waals surface area contributed by atoms with Gasteiger partial charge >= 0.3 is 12.1 Å². The third-order valence-corrected chi connectivity index (χ3v) is 4.72. The van der Waals surface area contributed by atoms with Gasteiger partial charge in [0.1, 0.15) is 19.2 Å². The molecule has 0 saturated carbocycles. The molecular weight excluding hydrogens is 398 g/mol. The first-order valence-electron chi connectivity index (χ1n) is 8.54. The third-order valence-electron chi connectivity index (χ3n) is 3.85. The van der Waals surface area contributed by atoms with Crippen LogP contribution in [0.2, 0.25) is 0 Å². The minimum Gasteiger partial charge on any atom is -0.481 e. The highest BCUT2D eigenvalue weighted by atomic mass is 32.1. The van der Waals surface area contributed by atoms with E-state index in [2.05, 4.69) is 20.8 Å². The van der Waals surface area contributed by atoms with Crippen LogP contribution in [0.25, 0.3) is 10.7 Å². The summed E-state index contributed by atoms with van der Waals surface area (Å²) in [6, 6.07) is 11.3. The molecule has 2 heterocycles. The maximum Gasteiger partial charge on any atom is 0.408 e. The van der Waals surface area contributed by atoms with E-state index >= 15 is 0 Å². The standard InChI is InChI=1S/C18H17N5O5S/c24-14(10-23-17(20-21-22-23)15-7-4-8-29-15)13(9-16(25)26)19-18(27)28-11-12-5-2-1-3-6-12/h1-8,13H,9-11H2,(H,19,27)(H,25,26). The molecule has 0 bridgehead atoms. The Morgan fingerprint density at radius 2 is 1.97 bits per heavy atom. The van der Waals surface area contributed by atoms with Gasteiger partial charge in [0.05, 0.1) is 11.3 Å². The Balaban J connectivity index is 1.63. The van der Waals surface area contributed by atoms with E-state index in [4.69, 9.17) is 9.84 Å². The van der Waals surface area contributed by atoms with Crippen LogP contribution in [-0.2, 0) is 27.5 Å². The van der Waals surface area contributed by atoms with Crippen LogP contribution in [0.1, 0.15) is 12.0 Å². The summed E-state index contributed by atoms with van der Waals surface area (Å²) in [6.45, 7) is -0.298. The van der Waals surface area contributed by atoms with E-state index in [1.54, 1.807) is 30.3 Å². The lowest BCUT2D eigenvalue weighted by molar-refractivity contribution is -0.139. The van der Waals surface area contributed by atoms with E-state index in [0.29, 0.717) is 5.82 Å². The Kier molecular flexibility index (Phi) is 6.63. The molecule has 0 aliphatic rings. The number of aliphatic carboxylic acids is 1. The van der Waals surface area contributed by atoms with Crippen LogP contribution >= 0.6 is 11.3 Å². The first kappa shape index (κ1) is 20.1. The number of carboxylic acid groups (broad SMARTS) is 1. The van der Waals surface area contributed by atoms with Crippen molar-refractivity contribution in [2.45, 2.75) is 25.6 Å². The van der Waals surface area contributed by atoms with Crippen molar-refractivity contribution in [3.8, 4) is 10.7 Å². The van der Waals surface area contributed by atoms with Crippen LogP contribution in [0.4, 0.5) is 4.79 Å². The number of aromatic nitrogens is 4. The van der Waals surface area contributed by atoms with E-state index in [-0.39, 0.29) is 13.2 Å². The van der Waals surface area contributed by atoms with Gasteiger partial charge in [-0.2, -0.15) is 0 Å². The fourth-order valence-corrected chi connectivity index (χ4v) is 3.19. The summed E-state index contributed by atoms with van der Waals surface area (Å²) < 4.78 is 6.33. The molecule has 0 aliphatic heterocycles. The van der Waals surface area contributed by atoms with Gasteiger partial charge in [-0.15, -0.1) is 16.4 Å². The zero-order valence-electron chi connectivity index (χ0n) is 15.1. The van der Waals surface area contributed by atoms with Crippen LogP contribution in [0.15, 0.2) is 47.8 Å². The number of amides is 1. The Labute approximate surface area is 169 Å². The fourth-order valence-electron chi connectivity index (χ4n) is 2.48. The number of carbonyl (C=O) groups excluding carboxylic acids is 2. The Morgan fingerprint density at radius 1 is 1.17 bits per heavy atom. The second-order valence-electron chi connectivity index (χ2n) is 5.96. The first-order valence-corrected chi connectivity index (χ1v) is 9.42. The van der Waals surface area contributed by atoms with Crippen molar-refractivity contribution in [2.75, 3.05) is 0 Å². The van der Waals surface area contributed by atoms with Crippen molar-refractivity contribution in [1.82, 2.24) is 25.5 Å². The van der Waals surface area contributed by atoms with Crippen molar-refractivity contribution in [2.24, 2.45) is 0 Å². The van der Waals surface area contributed by atoms with Gasteiger partial charge in [-0.3, -0.25) is 9.59 Å². The molecule has 3 aromatic rings. The number of hydrogen-bond donors (Lipinski definition) is 2. The molecule has 0 spiro atoms. The molecule has 10 nitrogen and oxygen atoms in total. The summed E-state index contributed by atoms with van der Waals surface area (Å²) in [6.07, 6.45) is -1.47. The SMILES string of the molecule is O=C(O)CC(NC(=O)OCc1ccccc1)C(=O)Cn1nnnc1-c1cccs1.